The van der Waals surface area contributed by atoms with Crippen LogP contribution in [0.1, 0.15) is 45.2 Å². The van der Waals surface area contributed by atoms with Gasteiger partial charge in [-0.25, -0.2) is 4.79 Å². The Hall–Kier alpha value is -3.60. The number of nitrogens with two attached hydrogens (primary N) is 1. The molecule has 0 spiro atoms. The van der Waals surface area contributed by atoms with Crippen molar-refractivity contribution in [1.82, 2.24) is 26.6 Å². The summed E-state index contributed by atoms with van der Waals surface area (Å²) < 4.78 is 1.13. The van der Waals surface area contributed by atoms with E-state index in [0.717, 1.165) is 0 Å². The number of carboxylic acids is 1. The maximum atomic E-state index is 13.6. The molecule has 2 aromatic rings. The van der Waals surface area contributed by atoms with Gasteiger partial charge in [-0.2, -0.15) is 0 Å². The lowest BCUT2D eigenvalue weighted by Gasteiger charge is -2.26. The van der Waals surface area contributed by atoms with Gasteiger partial charge in [0.05, 0.1) is 31.9 Å². The molecule has 16 nitrogen and oxygen atoms in total. The second-order valence-electron chi connectivity index (χ2n) is 12.7. The van der Waals surface area contributed by atoms with E-state index >= 15 is 0 Å². The Balaban J connectivity index is 2.14. The number of halogens is 2. The van der Waals surface area contributed by atoms with Crippen LogP contribution in [0.25, 0.3) is 0 Å². The van der Waals surface area contributed by atoms with Crippen molar-refractivity contribution in [2.24, 2.45) is 11.7 Å². The summed E-state index contributed by atoms with van der Waals surface area (Å²) in [5.74, 6) is -5.55. The highest BCUT2D eigenvalue weighted by Crippen LogP contribution is 2.27. The van der Waals surface area contributed by atoms with Crippen LogP contribution in [0.2, 0.25) is 0 Å². The van der Waals surface area contributed by atoms with Crippen LogP contribution in [0.4, 0.5) is 0 Å². The minimum Gasteiger partial charge on any atom is -0.506 e. The van der Waals surface area contributed by atoms with Crippen molar-refractivity contribution in [2.45, 2.75) is 89.4 Å². The molecule has 52 heavy (non-hydrogen) atoms. The first-order valence-corrected chi connectivity index (χ1v) is 18.5. The molecule has 0 aromatic heterocycles. The standard InChI is InChI=1S/C34H46I2N6O10/c1-16(2)10-24(32(49)42-28(18(4)44)34(51)52)40-31(48)25(14-19-8-6-5-7-9-19)39-26(45)15-38-33(50)27(17(3)43)41-30(47)23(37)13-20-11-21(35)29(46)22(36)12-20/h5-9,11-12,16-18,23-25,27-28,43-44,46H,10,13-15,37H2,1-4H3,(H,38,50)(H,39,45)(H,40,48)(H,41,47)(H,42,49)(H,51,52)/t17-,18+,23-,24-,25-,27+,28-/m0/s1. The van der Waals surface area contributed by atoms with Crippen LogP contribution in [-0.2, 0) is 41.6 Å². The van der Waals surface area contributed by atoms with E-state index < -0.39 is 84.5 Å². The molecule has 0 aliphatic heterocycles. The maximum Gasteiger partial charge on any atom is 0.328 e. The molecular formula is C34H46I2N6O10. The first kappa shape index (κ1) is 44.6. The Morgan fingerprint density at radius 2 is 1.25 bits per heavy atom. The summed E-state index contributed by atoms with van der Waals surface area (Å²) in [7, 11) is 0. The number of rotatable bonds is 19. The number of aliphatic hydroxyl groups excluding tert-OH is 2. The van der Waals surface area contributed by atoms with Crippen molar-refractivity contribution < 1.29 is 49.2 Å². The third-order valence-corrected chi connectivity index (χ3v) is 9.32. The molecule has 11 N–H and O–H groups in total. The van der Waals surface area contributed by atoms with Gasteiger partial charge in [0.25, 0.3) is 0 Å². The monoisotopic (exact) mass is 952 g/mol. The van der Waals surface area contributed by atoms with Gasteiger partial charge in [-0.3, -0.25) is 24.0 Å². The second-order valence-corrected chi connectivity index (χ2v) is 15.1. The summed E-state index contributed by atoms with van der Waals surface area (Å²) >= 11 is 3.89. The van der Waals surface area contributed by atoms with Gasteiger partial charge in [-0.1, -0.05) is 44.2 Å². The fraction of sp³-hybridized carbons (Fsp3) is 0.471. The summed E-state index contributed by atoms with van der Waals surface area (Å²) in [6.07, 6.45) is -2.65. The van der Waals surface area contributed by atoms with Crippen LogP contribution < -0.4 is 32.3 Å². The van der Waals surface area contributed by atoms with Gasteiger partial charge >= 0.3 is 5.97 Å². The fourth-order valence-electron chi connectivity index (χ4n) is 4.95. The molecule has 0 radical (unpaired) electrons. The zero-order valence-corrected chi connectivity index (χ0v) is 33.4. The highest BCUT2D eigenvalue weighted by molar-refractivity contribution is 14.1. The van der Waals surface area contributed by atoms with Crippen LogP contribution in [0.3, 0.4) is 0 Å². The van der Waals surface area contributed by atoms with Crippen molar-refractivity contribution >= 4 is 80.7 Å². The summed E-state index contributed by atoms with van der Waals surface area (Å²) in [5.41, 5.74) is 7.40. The van der Waals surface area contributed by atoms with Crippen molar-refractivity contribution in [3.8, 4) is 5.75 Å². The lowest BCUT2D eigenvalue weighted by atomic mass is 10.0. The third kappa shape index (κ3) is 14.4. The number of hydrogen-bond donors (Lipinski definition) is 10. The largest absolute Gasteiger partial charge is 0.506 e. The van der Waals surface area contributed by atoms with Crippen molar-refractivity contribution in [3.05, 3.63) is 60.7 Å². The number of amides is 5. The van der Waals surface area contributed by atoms with Crippen molar-refractivity contribution in [1.29, 1.82) is 0 Å². The molecule has 5 amide bonds. The van der Waals surface area contributed by atoms with Gasteiger partial charge in [0.2, 0.25) is 29.5 Å². The van der Waals surface area contributed by atoms with Gasteiger partial charge in [0.15, 0.2) is 6.04 Å². The molecular weight excluding hydrogens is 906 g/mol. The number of carboxylic acid groups (broad SMARTS) is 1. The Kier molecular flexibility index (Phi) is 18.2. The molecule has 2 rings (SSSR count). The Bertz CT molecular complexity index is 1550. The fourth-order valence-corrected chi connectivity index (χ4v) is 6.84. The minimum atomic E-state index is -1.62. The first-order chi connectivity index (χ1) is 24.3. The topological polar surface area (TPSA) is 270 Å². The molecule has 0 aliphatic carbocycles. The molecule has 0 heterocycles. The number of hydrogen-bond acceptors (Lipinski definition) is 10. The average molecular weight is 953 g/mol. The smallest absolute Gasteiger partial charge is 0.328 e. The van der Waals surface area contributed by atoms with Gasteiger partial charge < -0.3 is 52.7 Å². The molecule has 286 valence electrons. The van der Waals surface area contributed by atoms with Crippen LogP contribution in [-0.4, -0.2) is 105 Å². The molecule has 7 atom stereocenters. The molecule has 0 saturated carbocycles. The number of nitrogens with one attached hydrogen (secondary N) is 5. The van der Waals surface area contributed by atoms with Crippen LogP contribution in [0.5, 0.6) is 5.75 Å². The predicted molar refractivity (Wildman–Crippen MR) is 207 cm³/mol. The molecule has 2 aromatic carbocycles. The maximum absolute atomic E-state index is 13.6. The van der Waals surface area contributed by atoms with E-state index in [-0.39, 0.29) is 30.9 Å². The summed E-state index contributed by atoms with van der Waals surface area (Å²) in [6.45, 7) is 5.39. The van der Waals surface area contributed by atoms with E-state index in [1.165, 1.54) is 13.8 Å². The Labute approximate surface area is 328 Å². The van der Waals surface area contributed by atoms with Crippen LogP contribution >= 0.6 is 45.2 Å². The van der Waals surface area contributed by atoms with Crippen molar-refractivity contribution in [2.75, 3.05) is 6.54 Å². The Morgan fingerprint density at radius 1 is 0.712 bits per heavy atom. The number of phenols is 1. The van der Waals surface area contributed by atoms with Gasteiger partial charge in [-0.15, -0.1) is 0 Å². The Morgan fingerprint density at radius 3 is 1.77 bits per heavy atom. The number of benzene rings is 2. The number of aliphatic carboxylic acids is 1. The summed E-state index contributed by atoms with van der Waals surface area (Å²) in [6, 6.07) is 5.29. The van der Waals surface area contributed by atoms with Gasteiger partial charge in [0, 0.05) is 6.42 Å². The van der Waals surface area contributed by atoms with E-state index in [1.54, 1.807) is 56.3 Å². The van der Waals surface area contributed by atoms with E-state index in [0.29, 0.717) is 18.3 Å². The van der Waals surface area contributed by atoms with E-state index in [2.05, 4.69) is 26.6 Å². The molecule has 0 unspecified atom stereocenters. The molecule has 0 fully saturated rings. The molecule has 18 heteroatoms. The summed E-state index contributed by atoms with van der Waals surface area (Å²) in [5, 5.41) is 51.6. The van der Waals surface area contributed by atoms with Crippen LogP contribution in [0, 0.1) is 13.1 Å². The molecule has 0 bridgehead atoms. The van der Waals surface area contributed by atoms with Crippen LogP contribution in [0.15, 0.2) is 42.5 Å². The number of phenolic OH excluding ortho intramolecular Hbond substituents is 1. The number of carbonyl (C=O) groups excluding carboxylic acids is 5. The lowest BCUT2D eigenvalue weighted by molar-refractivity contribution is -0.145. The quantitative estimate of drug-likeness (QED) is 0.0815. The highest BCUT2D eigenvalue weighted by atomic mass is 127. The number of aromatic hydroxyl groups is 1. The third-order valence-electron chi connectivity index (χ3n) is 7.68. The molecule has 0 aliphatic rings. The number of carbonyl (C=O) groups is 6. The van der Waals surface area contributed by atoms with E-state index in [9.17, 15) is 49.2 Å². The normalized spacial score (nSPS) is 15.2. The zero-order chi connectivity index (χ0) is 39.3. The predicted octanol–water partition coefficient (Wildman–Crippen LogP) is -0.338. The molecule has 0 saturated heterocycles. The second kappa shape index (κ2) is 21.2. The zero-order valence-electron chi connectivity index (χ0n) is 29.1. The minimum absolute atomic E-state index is 0.0167. The van der Waals surface area contributed by atoms with Crippen molar-refractivity contribution in [3.63, 3.8) is 0 Å². The highest BCUT2D eigenvalue weighted by Gasteiger charge is 2.33. The SMILES string of the molecule is CC(C)C[C@H](NC(=O)[C@H](Cc1ccccc1)NC(=O)CNC(=O)[C@H](NC(=O)[C@@H](N)Cc1cc(I)c(O)c(I)c1)[C@H](C)O)C(=O)N[C@H](C(=O)O)[C@@H](C)O. The first-order valence-electron chi connectivity index (χ1n) is 16.3. The summed E-state index contributed by atoms with van der Waals surface area (Å²) in [4.78, 5) is 77.2. The van der Waals surface area contributed by atoms with Gasteiger partial charge in [-0.05, 0) is 101 Å². The van der Waals surface area contributed by atoms with E-state index in [4.69, 9.17) is 5.73 Å². The van der Waals surface area contributed by atoms with E-state index in [1.807, 2.05) is 45.2 Å². The average Bonchev–Trinajstić information content (AvgIpc) is 3.06. The number of aliphatic hydroxyl groups is 2. The lowest BCUT2D eigenvalue weighted by Crippen LogP contribution is -2.59. The van der Waals surface area contributed by atoms with Gasteiger partial charge in [0.1, 0.15) is 23.9 Å².